The molecule has 0 aliphatic rings. The zero-order valence-corrected chi connectivity index (χ0v) is 10.7. The largest absolute Gasteiger partial charge is 0.472 e. The molecule has 3 nitrogen and oxygen atoms in total. The Morgan fingerprint density at radius 1 is 1.18 bits per heavy atom. The lowest BCUT2D eigenvalue weighted by atomic mass is 10.1. The van der Waals surface area contributed by atoms with E-state index in [2.05, 4.69) is 21.2 Å². The molecule has 0 saturated heterocycles. The molecule has 0 aliphatic heterocycles. The topological polar surface area (TPSA) is 42.2 Å². The van der Waals surface area contributed by atoms with Gasteiger partial charge in [-0.25, -0.2) is 0 Å². The molecule has 0 unspecified atom stereocenters. The molecule has 2 aromatic rings. The summed E-state index contributed by atoms with van der Waals surface area (Å²) in [6, 6.07) is 9.33. The first kappa shape index (κ1) is 11.9. The van der Waals surface area contributed by atoms with Gasteiger partial charge in [-0.2, -0.15) is 0 Å². The summed E-state index contributed by atoms with van der Waals surface area (Å²) in [6.07, 6.45) is 3.21. The number of furan rings is 1. The first-order chi connectivity index (χ1) is 8.29. The molecule has 1 aromatic carbocycles. The quantitative estimate of drug-likeness (QED) is 0.880. The van der Waals surface area contributed by atoms with Crippen molar-refractivity contribution in [1.29, 1.82) is 0 Å². The number of benzene rings is 1. The smallest absolute Gasteiger partial charge is 0.251 e. The van der Waals surface area contributed by atoms with Crippen molar-refractivity contribution in [3.8, 4) is 0 Å². The highest BCUT2D eigenvalue weighted by molar-refractivity contribution is 9.08. The van der Waals surface area contributed by atoms with Crippen LogP contribution in [0, 0.1) is 0 Å². The minimum absolute atomic E-state index is 0.0766. The van der Waals surface area contributed by atoms with Crippen LogP contribution in [0.2, 0.25) is 0 Å². The van der Waals surface area contributed by atoms with E-state index in [9.17, 15) is 4.79 Å². The molecule has 0 saturated carbocycles. The van der Waals surface area contributed by atoms with Gasteiger partial charge >= 0.3 is 0 Å². The van der Waals surface area contributed by atoms with Crippen LogP contribution >= 0.6 is 15.9 Å². The Bertz CT molecular complexity index is 477. The van der Waals surface area contributed by atoms with Crippen LogP contribution in [-0.2, 0) is 11.9 Å². The number of nitrogens with one attached hydrogen (secondary N) is 1. The minimum Gasteiger partial charge on any atom is -0.472 e. The van der Waals surface area contributed by atoms with E-state index in [1.807, 2.05) is 30.3 Å². The van der Waals surface area contributed by atoms with Crippen LogP contribution in [0.4, 0.5) is 0 Å². The third-order valence-corrected chi connectivity index (χ3v) is 3.05. The van der Waals surface area contributed by atoms with Crippen molar-refractivity contribution in [3.63, 3.8) is 0 Å². The summed E-state index contributed by atoms with van der Waals surface area (Å²) >= 11 is 3.36. The summed E-state index contributed by atoms with van der Waals surface area (Å²) in [5, 5.41) is 3.62. The molecule has 88 valence electrons. The summed E-state index contributed by atoms with van der Waals surface area (Å²) in [4.78, 5) is 11.8. The fraction of sp³-hybridized carbons (Fsp3) is 0.154. The minimum atomic E-state index is -0.0766. The van der Waals surface area contributed by atoms with Gasteiger partial charge in [0.05, 0.1) is 12.5 Å². The van der Waals surface area contributed by atoms with Gasteiger partial charge in [-0.1, -0.05) is 28.1 Å². The molecule has 17 heavy (non-hydrogen) atoms. The molecule has 1 amide bonds. The number of alkyl halides is 1. The van der Waals surface area contributed by atoms with Gasteiger partial charge in [0.15, 0.2) is 0 Å². The van der Waals surface area contributed by atoms with Crippen LogP contribution in [-0.4, -0.2) is 5.91 Å². The van der Waals surface area contributed by atoms with Crippen molar-refractivity contribution in [1.82, 2.24) is 5.32 Å². The van der Waals surface area contributed by atoms with Crippen LogP contribution in [0.1, 0.15) is 21.5 Å². The maximum absolute atomic E-state index is 11.8. The van der Waals surface area contributed by atoms with E-state index in [4.69, 9.17) is 4.42 Å². The van der Waals surface area contributed by atoms with E-state index in [0.29, 0.717) is 12.1 Å². The van der Waals surface area contributed by atoms with E-state index >= 15 is 0 Å². The Kier molecular flexibility index (Phi) is 3.98. The summed E-state index contributed by atoms with van der Waals surface area (Å²) < 4.78 is 4.93. The molecule has 1 N–H and O–H groups in total. The van der Waals surface area contributed by atoms with Gasteiger partial charge in [0.25, 0.3) is 5.91 Å². The van der Waals surface area contributed by atoms with E-state index in [1.165, 1.54) is 0 Å². The standard InChI is InChI=1S/C13H12BrNO2/c14-7-10-1-3-12(4-2-10)13(16)15-8-11-5-6-17-9-11/h1-6,9H,7-8H2,(H,15,16). The summed E-state index contributed by atoms with van der Waals surface area (Å²) in [5.74, 6) is -0.0766. The first-order valence-electron chi connectivity index (χ1n) is 5.24. The van der Waals surface area contributed by atoms with Crippen LogP contribution in [0.5, 0.6) is 0 Å². The Morgan fingerprint density at radius 2 is 1.94 bits per heavy atom. The van der Waals surface area contributed by atoms with E-state index in [-0.39, 0.29) is 5.91 Å². The second-order valence-corrected chi connectivity index (χ2v) is 4.21. The molecule has 0 atom stereocenters. The lowest BCUT2D eigenvalue weighted by Crippen LogP contribution is -2.22. The van der Waals surface area contributed by atoms with Crippen molar-refractivity contribution in [2.24, 2.45) is 0 Å². The summed E-state index contributed by atoms with van der Waals surface area (Å²) in [6.45, 7) is 0.482. The van der Waals surface area contributed by atoms with E-state index < -0.39 is 0 Å². The maximum Gasteiger partial charge on any atom is 0.251 e. The number of hydrogen-bond acceptors (Lipinski definition) is 2. The highest BCUT2D eigenvalue weighted by Gasteiger charge is 2.05. The fourth-order valence-electron chi connectivity index (χ4n) is 1.42. The van der Waals surface area contributed by atoms with Gasteiger partial charge in [0.1, 0.15) is 0 Å². The van der Waals surface area contributed by atoms with E-state index in [1.54, 1.807) is 12.5 Å². The average Bonchev–Trinajstić information content (AvgIpc) is 2.89. The van der Waals surface area contributed by atoms with Crippen LogP contribution < -0.4 is 5.32 Å². The Labute approximate surface area is 108 Å². The van der Waals surface area contributed by atoms with Crippen molar-refractivity contribution in [3.05, 3.63) is 59.5 Å². The number of halogens is 1. The first-order valence-corrected chi connectivity index (χ1v) is 6.36. The zero-order valence-electron chi connectivity index (χ0n) is 9.15. The zero-order chi connectivity index (χ0) is 12.1. The number of hydrogen-bond donors (Lipinski definition) is 1. The molecular formula is C13H12BrNO2. The molecule has 0 bridgehead atoms. The van der Waals surface area contributed by atoms with Gasteiger partial charge in [0, 0.05) is 23.0 Å². The lowest BCUT2D eigenvalue weighted by molar-refractivity contribution is 0.0951. The molecule has 1 aromatic heterocycles. The molecule has 0 spiro atoms. The molecule has 0 radical (unpaired) electrons. The highest BCUT2D eigenvalue weighted by atomic mass is 79.9. The van der Waals surface area contributed by atoms with Gasteiger partial charge in [-0.05, 0) is 23.8 Å². The van der Waals surface area contributed by atoms with Gasteiger partial charge in [-0.3, -0.25) is 4.79 Å². The summed E-state index contributed by atoms with van der Waals surface area (Å²) in [7, 11) is 0. The van der Waals surface area contributed by atoms with E-state index in [0.717, 1.165) is 16.5 Å². The van der Waals surface area contributed by atoms with Crippen molar-refractivity contribution in [2.45, 2.75) is 11.9 Å². The highest BCUT2D eigenvalue weighted by Crippen LogP contribution is 2.08. The third kappa shape index (κ3) is 3.20. The number of amides is 1. The van der Waals surface area contributed by atoms with Crippen molar-refractivity contribution < 1.29 is 9.21 Å². The number of rotatable bonds is 4. The van der Waals surface area contributed by atoms with Gasteiger partial charge < -0.3 is 9.73 Å². The Hall–Kier alpha value is -1.55. The molecule has 0 aliphatic carbocycles. The van der Waals surface area contributed by atoms with Crippen LogP contribution in [0.3, 0.4) is 0 Å². The van der Waals surface area contributed by atoms with Gasteiger partial charge in [-0.15, -0.1) is 0 Å². The Balaban J connectivity index is 1.95. The molecule has 0 fully saturated rings. The summed E-state index contributed by atoms with van der Waals surface area (Å²) in [5.41, 5.74) is 2.77. The van der Waals surface area contributed by atoms with Crippen molar-refractivity contribution in [2.75, 3.05) is 0 Å². The SMILES string of the molecule is O=C(NCc1ccoc1)c1ccc(CBr)cc1. The van der Waals surface area contributed by atoms with Crippen molar-refractivity contribution >= 4 is 21.8 Å². The second kappa shape index (κ2) is 5.68. The number of carbonyl (C=O) groups excluding carboxylic acids is 1. The number of carbonyl (C=O) groups is 1. The monoisotopic (exact) mass is 293 g/mol. The molecule has 2 rings (SSSR count). The van der Waals surface area contributed by atoms with Crippen LogP contribution in [0.25, 0.3) is 0 Å². The molecular weight excluding hydrogens is 282 g/mol. The van der Waals surface area contributed by atoms with Gasteiger partial charge in [0.2, 0.25) is 0 Å². The normalized spacial score (nSPS) is 10.2. The predicted octanol–water partition coefficient (Wildman–Crippen LogP) is 3.10. The van der Waals surface area contributed by atoms with Crippen LogP contribution in [0.15, 0.2) is 47.3 Å². The fourth-order valence-corrected chi connectivity index (χ4v) is 1.80. The average molecular weight is 294 g/mol. The molecule has 4 heteroatoms. The molecule has 1 heterocycles. The Morgan fingerprint density at radius 3 is 2.53 bits per heavy atom. The maximum atomic E-state index is 11.8. The predicted molar refractivity (Wildman–Crippen MR) is 69.0 cm³/mol. The third-order valence-electron chi connectivity index (χ3n) is 2.40. The second-order valence-electron chi connectivity index (χ2n) is 3.64. The lowest BCUT2D eigenvalue weighted by Gasteiger charge is -2.04.